The van der Waals surface area contributed by atoms with Crippen LogP contribution in [0.25, 0.3) is 0 Å². The molecule has 0 fully saturated rings. The Morgan fingerprint density at radius 1 is 1.25 bits per heavy atom. The number of carbonyl (C=O) groups excluding carboxylic acids is 2. The second kappa shape index (κ2) is 11.3. The van der Waals surface area contributed by atoms with Gasteiger partial charge in [0, 0.05) is 24.4 Å². The molecule has 0 saturated carbocycles. The van der Waals surface area contributed by atoms with E-state index < -0.39 is 24.1 Å². The third-order valence-corrected chi connectivity index (χ3v) is 3.39. The normalized spacial score (nSPS) is 13.0. The van der Waals surface area contributed by atoms with Crippen LogP contribution in [0.5, 0.6) is 0 Å². The molecule has 0 aliphatic carbocycles. The molecule has 128 valence electrons. The lowest BCUT2D eigenvalue weighted by Gasteiger charge is -2.20. The Bertz CT molecular complexity index is 595. The third kappa shape index (κ3) is 7.30. The minimum atomic E-state index is -1.13. The summed E-state index contributed by atoms with van der Waals surface area (Å²) in [7, 11) is 0. The predicted molar refractivity (Wildman–Crippen MR) is 90.2 cm³/mol. The van der Waals surface area contributed by atoms with E-state index in [1.54, 1.807) is 30.3 Å². The van der Waals surface area contributed by atoms with E-state index in [0.29, 0.717) is 17.9 Å². The Morgan fingerprint density at radius 2 is 1.96 bits per heavy atom. The molecule has 0 bridgehead atoms. The largest absolute Gasteiger partial charge is 0.455 e. The smallest absolute Gasteiger partial charge is 0.352 e. The molecule has 0 aromatic heterocycles. The highest BCUT2D eigenvalue weighted by Crippen LogP contribution is 2.21. The number of benzene rings is 1. The third-order valence-electron chi connectivity index (χ3n) is 3.13. The van der Waals surface area contributed by atoms with Gasteiger partial charge in [-0.05, 0) is 25.3 Å². The molecule has 0 amide bonds. The molecule has 0 aliphatic heterocycles. The second-order valence-electron chi connectivity index (χ2n) is 5.05. The standard InChI is InChI=1S/C18H20ClNO4/c1-14(21)23-17(15-8-3-2-4-9-15)18(22)24-16(11-7-13-20)10-5-6-12-19/h2-4,7-9,11,16-17H,5-6,10,12H2,1H3/b11-7+/t16-,17-/m0/s1. The van der Waals surface area contributed by atoms with Gasteiger partial charge in [0.2, 0.25) is 6.10 Å². The van der Waals surface area contributed by atoms with Crippen LogP contribution in [0.4, 0.5) is 0 Å². The van der Waals surface area contributed by atoms with E-state index in [-0.39, 0.29) is 0 Å². The molecular formula is C18H20ClNO4. The summed E-state index contributed by atoms with van der Waals surface area (Å²) in [6, 6.07) is 10.5. The summed E-state index contributed by atoms with van der Waals surface area (Å²) >= 11 is 5.65. The highest BCUT2D eigenvalue weighted by molar-refractivity contribution is 6.17. The number of carbonyl (C=O) groups is 2. The minimum Gasteiger partial charge on any atom is -0.455 e. The maximum absolute atomic E-state index is 12.4. The van der Waals surface area contributed by atoms with E-state index >= 15 is 0 Å². The van der Waals surface area contributed by atoms with Crippen LogP contribution in [-0.4, -0.2) is 23.9 Å². The van der Waals surface area contributed by atoms with E-state index in [0.717, 1.165) is 12.8 Å². The van der Waals surface area contributed by atoms with Gasteiger partial charge in [-0.1, -0.05) is 30.3 Å². The fourth-order valence-corrected chi connectivity index (χ4v) is 2.23. The molecule has 0 heterocycles. The molecule has 2 atom stereocenters. The minimum absolute atomic E-state index is 0.517. The monoisotopic (exact) mass is 349 g/mol. The van der Waals surface area contributed by atoms with Crippen molar-refractivity contribution in [3.63, 3.8) is 0 Å². The van der Waals surface area contributed by atoms with Crippen LogP contribution in [0.3, 0.4) is 0 Å². The lowest BCUT2D eigenvalue weighted by molar-refractivity contribution is -0.169. The van der Waals surface area contributed by atoms with Crippen LogP contribution in [0.15, 0.2) is 42.5 Å². The van der Waals surface area contributed by atoms with Gasteiger partial charge in [-0.25, -0.2) is 4.79 Å². The zero-order valence-electron chi connectivity index (χ0n) is 13.5. The summed E-state index contributed by atoms with van der Waals surface area (Å²) in [6.07, 6.45) is 3.15. The first kappa shape index (κ1) is 19.7. The Hall–Kier alpha value is -2.32. The maximum Gasteiger partial charge on any atom is 0.352 e. The van der Waals surface area contributed by atoms with Crippen molar-refractivity contribution in [2.45, 2.75) is 38.4 Å². The molecule has 6 heteroatoms. The Kier molecular flexibility index (Phi) is 9.25. The zero-order chi connectivity index (χ0) is 17.8. The van der Waals surface area contributed by atoms with Crippen molar-refractivity contribution in [3.05, 3.63) is 48.0 Å². The van der Waals surface area contributed by atoms with Crippen molar-refractivity contribution < 1.29 is 19.1 Å². The number of alkyl halides is 1. The van der Waals surface area contributed by atoms with Gasteiger partial charge in [-0.2, -0.15) is 5.26 Å². The fourth-order valence-electron chi connectivity index (χ4n) is 2.04. The Labute approximate surface area is 146 Å². The topological polar surface area (TPSA) is 76.4 Å². The quantitative estimate of drug-likeness (QED) is 0.294. The van der Waals surface area contributed by atoms with Gasteiger partial charge >= 0.3 is 11.9 Å². The van der Waals surface area contributed by atoms with Crippen LogP contribution in [0.2, 0.25) is 0 Å². The van der Waals surface area contributed by atoms with Gasteiger partial charge in [-0.3, -0.25) is 4.79 Å². The fraction of sp³-hybridized carbons (Fsp3) is 0.389. The molecule has 5 nitrogen and oxygen atoms in total. The first-order valence-corrected chi connectivity index (χ1v) is 8.16. The zero-order valence-corrected chi connectivity index (χ0v) is 14.2. The lowest BCUT2D eigenvalue weighted by Crippen LogP contribution is -2.25. The van der Waals surface area contributed by atoms with Gasteiger partial charge in [-0.15, -0.1) is 11.6 Å². The average Bonchev–Trinajstić information content (AvgIpc) is 2.58. The molecule has 1 aromatic carbocycles. The summed E-state index contributed by atoms with van der Waals surface area (Å²) in [6.45, 7) is 1.23. The van der Waals surface area contributed by atoms with Gasteiger partial charge < -0.3 is 9.47 Å². The summed E-state index contributed by atoms with van der Waals surface area (Å²) in [5, 5.41) is 8.66. The SMILES string of the molecule is CC(=O)O[C@H](C(=O)O[C@H](/C=C/C#N)CCCCCl)c1ccccc1. The number of rotatable bonds is 9. The van der Waals surface area contributed by atoms with E-state index in [2.05, 4.69) is 0 Å². The van der Waals surface area contributed by atoms with Gasteiger partial charge in [0.25, 0.3) is 0 Å². The number of esters is 2. The van der Waals surface area contributed by atoms with E-state index in [9.17, 15) is 9.59 Å². The first-order valence-electron chi connectivity index (χ1n) is 7.63. The number of hydrogen-bond donors (Lipinski definition) is 0. The van der Waals surface area contributed by atoms with Crippen LogP contribution < -0.4 is 0 Å². The summed E-state index contributed by atoms with van der Waals surface area (Å²) in [4.78, 5) is 23.7. The highest BCUT2D eigenvalue weighted by atomic mass is 35.5. The second-order valence-corrected chi connectivity index (χ2v) is 5.43. The molecule has 24 heavy (non-hydrogen) atoms. The van der Waals surface area contributed by atoms with E-state index in [1.807, 2.05) is 6.07 Å². The number of hydrogen-bond acceptors (Lipinski definition) is 5. The van der Waals surface area contributed by atoms with Crippen LogP contribution in [0.1, 0.15) is 37.9 Å². The van der Waals surface area contributed by atoms with Crippen molar-refractivity contribution in [1.29, 1.82) is 5.26 Å². The molecule has 1 rings (SSSR count). The molecular weight excluding hydrogens is 330 g/mol. The van der Waals surface area contributed by atoms with Gasteiger partial charge in [0.05, 0.1) is 6.07 Å². The lowest BCUT2D eigenvalue weighted by atomic mass is 10.1. The van der Waals surface area contributed by atoms with Crippen molar-refractivity contribution >= 4 is 23.5 Å². The summed E-state index contributed by atoms with van der Waals surface area (Å²) in [5.41, 5.74) is 0.529. The summed E-state index contributed by atoms with van der Waals surface area (Å²) in [5.74, 6) is -0.732. The Balaban J connectivity index is 2.84. The van der Waals surface area contributed by atoms with E-state index in [4.69, 9.17) is 26.3 Å². The molecule has 0 unspecified atom stereocenters. The first-order chi connectivity index (χ1) is 11.6. The van der Waals surface area contributed by atoms with Crippen molar-refractivity contribution in [2.24, 2.45) is 0 Å². The van der Waals surface area contributed by atoms with Crippen molar-refractivity contribution in [2.75, 3.05) is 5.88 Å². The number of nitrogens with zero attached hydrogens (tertiary/aromatic N) is 1. The number of halogens is 1. The van der Waals surface area contributed by atoms with Gasteiger partial charge in [0.1, 0.15) is 6.10 Å². The number of allylic oxidation sites excluding steroid dienone is 1. The number of nitriles is 1. The van der Waals surface area contributed by atoms with Crippen LogP contribution in [0, 0.1) is 11.3 Å². The van der Waals surface area contributed by atoms with Crippen molar-refractivity contribution in [1.82, 2.24) is 0 Å². The van der Waals surface area contributed by atoms with E-state index in [1.165, 1.54) is 19.1 Å². The molecule has 0 aliphatic rings. The molecule has 0 radical (unpaired) electrons. The highest BCUT2D eigenvalue weighted by Gasteiger charge is 2.27. The molecule has 1 aromatic rings. The number of unbranched alkanes of at least 4 members (excludes halogenated alkanes) is 1. The summed E-state index contributed by atoms with van der Waals surface area (Å²) < 4.78 is 10.5. The maximum atomic E-state index is 12.4. The van der Waals surface area contributed by atoms with Crippen molar-refractivity contribution in [3.8, 4) is 6.07 Å². The molecule has 0 spiro atoms. The predicted octanol–water partition coefficient (Wildman–Crippen LogP) is 3.69. The molecule has 0 saturated heterocycles. The number of ether oxygens (including phenoxy) is 2. The Morgan fingerprint density at radius 3 is 2.54 bits per heavy atom. The average molecular weight is 350 g/mol. The van der Waals surface area contributed by atoms with Crippen LogP contribution in [-0.2, 0) is 19.1 Å². The van der Waals surface area contributed by atoms with Crippen LogP contribution >= 0.6 is 11.6 Å². The molecule has 0 N–H and O–H groups in total. The van der Waals surface area contributed by atoms with Gasteiger partial charge in [0.15, 0.2) is 0 Å².